The Balaban J connectivity index is 0.00000261. The van der Waals surface area contributed by atoms with Crippen LogP contribution in [-0.2, 0) is 6.42 Å². The van der Waals surface area contributed by atoms with E-state index < -0.39 is 0 Å². The number of guanidine groups is 1. The normalized spacial score (nSPS) is 21.9. The van der Waals surface area contributed by atoms with Gasteiger partial charge in [0.25, 0.3) is 0 Å². The molecule has 1 aromatic rings. The van der Waals surface area contributed by atoms with Crippen molar-refractivity contribution in [3.05, 3.63) is 5.82 Å². The average molecular weight is 507 g/mol. The summed E-state index contributed by atoms with van der Waals surface area (Å²) in [4.78, 5) is 16.8. The molecule has 9 heteroatoms. The minimum absolute atomic E-state index is 0. The van der Waals surface area contributed by atoms with E-state index in [2.05, 4.69) is 50.3 Å². The van der Waals surface area contributed by atoms with Gasteiger partial charge in [-0.25, -0.2) is 4.98 Å². The molecule has 0 aromatic carbocycles. The van der Waals surface area contributed by atoms with Crippen LogP contribution in [0.1, 0.15) is 32.5 Å². The first-order valence-electron chi connectivity index (χ1n) is 9.99. The van der Waals surface area contributed by atoms with Gasteiger partial charge < -0.3 is 20.0 Å². The van der Waals surface area contributed by atoms with E-state index in [9.17, 15) is 0 Å². The van der Waals surface area contributed by atoms with E-state index in [1.807, 2.05) is 0 Å². The second-order valence-corrected chi connectivity index (χ2v) is 8.02. The van der Waals surface area contributed by atoms with Crippen LogP contribution in [0.5, 0.6) is 0 Å². The molecular formula is C18H34IN7S. The van der Waals surface area contributed by atoms with Crippen molar-refractivity contribution in [3.63, 3.8) is 0 Å². The Bertz CT molecular complexity index is 586. The largest absolute Gasteiger partial charge is 0.357 e. The molecule has 1 unspecified atom stereocenters. The lowest BCUT2D eigenvalue weighted by Gasteiger charge is -2.36. The zero-order chi connectivity index (χ0) is 18.4. The van der Waals surface area contributed by atoms with E-state index in [0.29, 0.717) is 5.92 Å². The first kappa shape index (κ1) is 22.6. The van der Waals surface area contributed by atoms with Gasteiger partial charge in [-0.15, -0.1) is 24.0 Å². The molecule has 7 nitrogen and oxygen atoms in total. The number of aliphatic imine (C=N–C) groups is 1. The quantitative estimate of drug-likeness (QED) is 0.375. The van der Waals surface area contributed by atoms with Gasteiger partial charge in [-0.1, -0.05) is 6.92 Å². The highest BCUT2D eigenvalue weighted by Crippen LogP contribution is 2.19. The average Bonchev–Trinajstić information content (AvgIpc) is 3.15. The lowest BCUT2D eigenvalue weighted by Crippen LogP contribution is -2.52. The maximum Gasteiger partial charge on any atom is 0.205 e. The Morgan fingerprint density at radius 2 is 2.00 bits per heavy atom. The zero-order valence-corrected chi connectivity index (χ0v) is 20.0. The van der Waals surface area contributed by atoms with Gasteiger partial charge in [0.15, 0.2) is 5.96 Å². The molecule has 0 amide bonds. The lowest BCUT2D eigenvalue weighted by atomic mass is 9.99. The number of piperidine rings is 1. The number of halogens is 1. The Hall–Kier alpha value is -0.680. The van der Waals surface area contributed by atoms with Crippen molar-refractivity contribution < 1.29 is 0 Å². The first-order valence-corrected chi connectivity index (χ1v) is 10.8. The summed E-state index contributed by atoms with van der Waals surface area (Å²) in [7, 11) is 2.22. The van der Waals surface area contributed by atoms with Crippen LogP contribution in [0.4, 0.5) is 5.13 Å². The molecule has 2 saturated heterocycles. The van der Waals surface area contributed by atoms with Crippen LogP contribution in [0.2, 0.25) is 0 Å². The summed E-state index contributed by atoms with van der Waals surface area (Å²) in [5.74, 6) is 2.73. The van der Waals surface area contributed by atoms with Crippen molar-refractivity contribution in [3.8, 4) is 0 Å². The van der Waals surface area contributed by atoms with E-state index in [1.54, 1.807) is 0 Å². The topological polar surface area (TPSA) is 59.9 Å². The van der Waals surface area contributed by atoms with Crippen molar-refractivity contribution >= 4 is 46.6 Å². The number of hydrogen-bond acceptors (Lipinski definition) is 6. The van der Waals surface area contributed by atoms with Crippen molar-refractivity contribution in [1.82, 2.24) is 24.5 Å². The summed E-state index contributed by atoms with van der Waals surface area (Å²) in [6, 6.07) is 0. The van der Waals surface area contributed by atoms with Crippen LogP contribution in [0, 0.1) is 5.92 Å². The van der Waals surface area contributed by atoms with Crippen LogP contribution in [-0.4, -0.2) is 84.5 Å². The predicted molar refractivity (Wildman–Crippen MR) is 125 cm³/mol. The zero-order valence-electron chi connectivity index (χ0n) is 16.9. The highest BCUT2D eigenvalue weighted by molar-refractivity contribution is 14.0. The van der Waals surface area contributed by atoms with Gasteiger partial charge in [0.2, 0.25) is 5.13 Å². The maximum atomic E-state index is 4.97. The third-order valence-corrected chi connectivity index (χ3v) is 5.99. The van der Waals surface area contributed by atoms with E-state index in [1.165, 1.54) is 37.5 Å². The van der Waals surface area contributed by atoms with Gasteiger partial charge in [0.05, 0.1) is 0 Å². The van der Waals surface area contributed by atoms with E-state index in [0.717, 1.165) is 62.6 Å². The number of likely N-dealkylation sites (tertiary alicyclic amines) is 1. The number of anilines is 1. The second kappa shape index (κ2) is 11.4. The number of aromatic nitrogens is 2. The molecule has 0 aliphatic carbocycles. The summed E-state index contributed by atoms with van der Waals surface area (Å²) in [6.45, 7) is 12.4. The minimum Gasteiger partial charge on any atom is -0.357 e. The number of nitrogens with zero attached hydrogens (tertiary/aromatic N) is 6. The third-order valence-electron chi connectivity index (χ3n) is 5.18. The van der Waals surface area contributed by atoms with Crippen molar-refractivity contribution in [2.45, 2.75) is 33.1 Å². The molecule has 0 saturated carbocycles. The van der Waals surface area contributed by atoms with E-state index in [4.69, 9.17) is 4.99 Å². The van der Waals surface area contributed by atoms with Crippen molar-refractivity contribution in [2.24, 2.45) is 10.9 Å². The molecule has 154 valence electrons. The van der Waals surface area contributed by atoms with Crippen LogP contribution in [0.15, 0.2) is 4.99 Å². The molecule has 3 rings (SSSR count). The molecule has 27 heavy (non-hydrogen) atoms. The highest BCUT2D eigenvalue weighted by Gasteiger charge is 2.23. The van der Waals surface area contributed by atoms with Crippen molar-refractivity contribution in [1.29, 1.82) is 0 Å². The second-order valence-electron chi connectivity index (χ2n) is 7.29. The number of aryl methyl sites for hydroxylation is 1. The summed E-state index contributed by atoms with van der Waals surface area (Å²) in [5, 5.41) is 4.55. The molecule has 1 aromatic heterocycles. The molecule has 1 atom stereocenters. The van der Waals surface area contributed by atoms with Crippen LogP contribution >= 0.6 is 35.5 Å². The standard InChI is InChI=1S/C18H33N7S.HI/c1-4-16-21-18(26-22-16)25-11-9-24(10-12-25)17(19-5-2)20-13-15-7-6-8-23(3)14-15;/h15H,4-14H2,1-3H3,(H,19,20);1H. The molecule has 0 radical (unpaired) electrons. The first-order chi connectivity index (χ1) is 12.7. The molecule has 0 bridgehead atoms. The number of hydrogen-bond donors (Lipinski definition) is 1. The summed E-state index contributed by atoms with van der Waals surface area (Å²) >= 11 is 1.53. The summed E-state index contributed by atoms with van der Waals surface area (Å²) in [6.07, 6.45) is 3.51. The number of nitrogens with one attached hydrogen (secondary N) is 1. The number of rotatable bonds is 5. The third kappa shape index (κ3) is 6.42. The van der Waals surface area contributed by atoms with Crippen molar-refractivity contribution in [2.75, 3.05) is 64.3 Å². The smallest absolute Gasteiger partial charge is 0.205 e. The Morgan fingerprint density at radius 3 is 2.63 bits per heavy atom. The van der Waals surface area contributed by atoms with E-state index >= 15 is 0 Å². The van der Waals surface area contributed by atoms with Gasteiger partial charge in [-0.05, 0) is 39.3 Å². The predicted octanol–water partition coefficient (Wildman–Crippen LogP) is 2.15. The minimum atomic E-state index is 0. The Morgan fingerprint density at radius 1 is 1.22 bits per heavy atom. The van der Waals surface area contributed by atoms with Gasteiger partial charge in [-0.2, -0.15) is 4.37 Å². The SMILES string of the molecule is CCNC(=NCC1CCCN(C)C1)N1CCN(c2nc(CC)ns2)CC1.I. The highest BCUT2D eigenvalue weighted by atomic mass is 127. The summed E-state index contributed by atoms with van der Waals surface area (Å²) < 4.78 is 4.42. The monoisotopic (exact) mass is 507 g/mol. The molecular weight excluding hydrogens is 473 g/mol. The Labute approximate surface area is 184 Å². The summed E-state index contributed by atoms with van der Waals surface area (Å²) in [5.41, 5.74) is 0. The fourth-order valence-electron chi connectivity index (χ4n) is 3.69. The molecule has 2 fully saturated rings. The van der Waals surface area contributed by atoms with E-state index in [-0.39, 0.29) is 24.0 Å². The molecule has 3 heterocycles. The maximum absolute atomic E-state index is 4.97. The van der Waals surface area contributed by atoms with Crippen LogP contribution < -0.4 is 10.2 Å². The van der Waals surface area contributed by atoms with Crippen LogP contribution in [0.25, 0.3) is 0 Å². The van der Waals surface area contributed by atoms with Gasteiger partial charge in [0, 0.05) is 63.8 Å². The van der Waals surface area contributed by atoms with Gasteiger partial charge >= 0.3 is 0 Å². The van der Waals surface area contributed by atoms with Gasteiger partial charge in [0.1, 0.15) is 5.82 Å². The lowest BCUT2D eigenvalue weighted by molar-refractivity contribution is 0.214. The molecule has 2 aliphatic rings. The fourth-order valence-corrected chi connectivity index (χ4v) is 4.49. The Kier molecular flexibility index (Phi) is 9.51. The fraction of sp³-hybridized carbons (Fsp3) is 0.833. The molecule has 2 aliphatic heterocycles. The van der Waals surface area contributed by atoms with Gasteiger partial charge in [-0.3, -0.25) is 4.99 Å². The molecule has 1 N–H and O–H groups in total. The number of piperazine rings is 1. The molecule has 0 spiro atoms. The van der Waals surface area contributed by atoms with Crippen LogP contribution in [0.3, 0.4) is 0 Å².